The zero-order valence-electron chi connectivity index (χ0n) is 12.4. The number of hydrogen-bond acceptors (Lipinski definition) is 3. The van der Waals surface area contributed by atoms with E-state index in [9.17, 15) is 12.8 Å². The molecule has 0 radical (unpaired) electrons. The molecule has 0 spiro atoms. The van der Waals surface area contributed by atoms with Gasteiger partial charge in [-0.2, -0.15) is 0 Å². The quantitative estimate of drug-likeness (QED) is 0.845. The van der Waals surface area contributed by atoms with Gasteiger partial charge >= 0.3 is 0 Å². The van der Waals surface area contributed by atoms with Gasteiger partial charge < -0.3 is 5.73 Å². The van der Waals surface area contributed by atoms with Crippen LogP contribution in [0.15, 0.2) is 17.0 Å². The van der Waals surface area contributed by atoms with Crippen molar-refractivity contribution in [1.82, 2.24) is 4.72 Å². The monoisotopic (exact) mass is 302 g/mol. The first kappa shape index (κ1) is 17.1. The summed E-state index contributed by atoms with van der Waals surface area (Å²) in [5.41, 5.74) is 6.34. The number of aryl methyl sites for hydroxylation is 2. The van der Waals surface area contributed by atoms with Crippen LogP contribution in [-0.2, 0) is 10.0 Å². The Labute approximate surface area is 120 Å². The molecule has 0 fully saturated rings. The molecule has 20 heavy (non-hydrogen) atoms. The molecule has 1 unspecified atom stereocenters. The lowest BCUT2D eigenvalue weighted by atomic mass is 10.0. The van der Waals surface area contributed by atoms with E-state index in [1.807, 2.05) is 13.8 Å². The van der Waals surface area contributed by atoms with Crippen LogP contribution >= 0.6 is 0 Å². The standard InChI is InChI=1S/C14H23FN2O2S/c1-9(2)13(5-6-16)17-20(18,19)14-10(3)7-12(15)8-11(14)4/h7-9,13,17H,5-6,16H2,1-4H3. The first-order valence-electron chi connectivity index (χ1n) is 6.68. The molecule has 1 atom stereocenters. The van der Waals surface area contributed by atoms with Crippen molar-refractivity contribution in [1.29, 1.82) is 0 Å². The Morgan fingerprint density at radius 3 is 2.15 bits per heavy atom. The third-order valence-electron chi connectivity index (χ3n) is 3.28. The van der Waals surface area contributed by atoms with Crippen molar-refractivity contribution >= 4 is 10.0 Å². The fraction of sp³-hybridized carbons (Fsp3) is 0.571. The molecule has 114 valence electrons. The van der Waals surface area contributed by atoms with Crippen molar-refractivity contribution in [2.75, 3.05) is 6.54 Å². The summed E-state index contributed by atoms with van der Waals surface area (Å²) in [5, 5.41) is 0. The molecule has 1 aromatic rings. The molecule has 0 amide bonds. The summed E-state index contributed by atoms with van der Waals surface area (Å²) >= 11 is 0. The molecule has 0 bridgehead atoms. The van der Waals surface area contributed by atoms with Crippen LogP contribution in [0.4, 0.5) is 4.39 Å². The molecular weight excluding hydrogens is 279 g/mol. The maximum atomic E-state index is 13.3. The second kappa shape index (κ2) is 6.65. The Morgan fingerprint density at radius 1 is 1.25 bits per heavy atom. The number of halogens is 1. The van der Waals surface area contributed by atoms with Crippen molar-refractivity contribution in [3.8, 4) is 0 Å². The van der Waals surface area contributed by atoms with Gasteiger partial charge in [-0.25, -0.2) is 17.5 Å². The second-order valence-corrected chi connectivity index (χ2v) is 7.07. The summed E-state index contributed by atoms with van der Waals surface area (Å²) in [6, 6.07) is 2.23. The van der Waals surface area contributed by atoms with E-state index >= 15 is 0 Å². The van der Waals surface area contributed by atoms with E-state index in [1.165, 1.54) is 12.1 Å². The van der Waals surface area contributed by atoms with Gasteiger partial charge in [-0.3, -0.25) is 0 Å². The summed E-state index contributed by atoms with van der Waals surface area (Å²) in [6.07, 6.45) is 0.566. The molecule has 0 saturated heterocycles. The van der Waals surface area contributed by atoms with Gasteiger partial charge in [0.25, 0.3) is 0 Å². The van der Waals surface area contributed by atoms with E-state index in [-0.39, 0.29) is 16.9 Å². The van der Waals surface area contributed by atoms with Crippen LogP contribution in [-0.4, -0.2) is 21.0 Å². The molecule has 4 nitrogen and oxygen atoms in total. The number of sulfonamides is 1. The van der Waals surface area contributed by atoms with Gasteiger partial charge in [0.1, 0.15) is 5.82 Å². The first-order chi connectivity index (χ1) is 9.19. The van der Waals surface area contributed by atoms with Gasteiger partial charge in [-0.1, -0.05) is 13.8 Å². The fourth-order valence-corrected chi connectivity index (χ4v) is 4.16. The van der Waals surface area contributed by atoms with Gasteiger partial charge in [-0.05, 0) is 56.0 Å². The Bertz CT molecular complexity index is 548. The smallest absolute Gasteiger partial charge is 0.241 e. The van der Waals surface area contributed by atoms with Crippen molar-refractivity contribution in [2.24, 2.45) is 11.7 Å². The van der Waals surface area contributed by atoms with Crippen molar-refractivity contribution in [3.63, 3.8) is 0 Å². The van der Waals surface area contributed by atoms with Gasteiger partial charge in [0.2, 0.25) is 10.0 Å². The third-order valence-corrected chi connectivity index (χ3v) is 5.08. The molecule has 1 aromatic carbocycles. The predicted molar refractivity (Wildman–Crippen MR) is 78.5 cm³/mol. The maximum Gasteiger partial charge on any atom is 0.241 e. The predicted octanol–water partition coefficient (Wildman–Crippen LogP) is 2.09. The lowest BCUT2D eigenvalue weighted by Crippen LogP contribution is -2.40. The average molecular weight is 302 g/mol. The molecule has 6 heteroatoms. The molecule has 0 aliphatic rings. The van der Waals surface area contributed by atoms with E-state index in [1.54, 1.807) is 13.8 Å². The topological polar surface area (TPSA) is 72.2 Å². The highest BCUT2D eigenvalue weighted by atomic mass is 32.2. The van der Waals surface area contributed by atoms with Crippen LogP contribution in [0.1, 0.15) is 31.4 Å². The van der Waals surface area contributed by atoms with Crippen LogP contribution in [0.2, 0.25) is 0 Å². The second-order valence-electron chi connectivity index (χ2n) is 5.42. The minimum absolute atomic E-state index is 0.134. The largest absolute Gasteiger partial charge is 0.330 e. The summed E-state index contributed by atoms with van der Waals surface area (Å²) in [4.78, 5) is 0.154. The molecule has 1 rings (SSSR count). The van der Waals surface area contributed by atoms with Gasteiger partial charge in [0.05, 0.1) is 4.90 Å². The Kier molecular flexibility index (Phi) is 5.68. The minimum atomic E-state index is -3.68. The zero-order valence-corrected chi connectivity index (χ0v) is 13.2. The van der Waals surface area contributed by atoms with E-state index in [0.29, 0.717) is 24.1 Å². The summed E-state index contributed by atoms with van der Waals surface area (Å²) < 4.78 is 41.0. The molecule has 0 aromatic heterocycles. The molecule has 0 aliphatic carbocycles. The highest BCUT2D eigenvalue weighted by Crippen LogP contribution is 2.22. The van der Waals surface area contributed by atoms with Crippen LogP contribution in [0.25, 0.3) is 0 Å². The Balaban J connectivity index is 3.17. The van der Waals surface area contributed by atoms with E-state index in [4.69, 9.17) is 5.73 Å². The first-order valence-corrected chi connectivity index (χ1v) is 8.16. The van der Waals surface area contributed by atoms with E-state index < -0.39 is 15.8 Å². The summed E-state index contributed by atoms with van der Waals surface area (Å²) in [7, 11) is -3.68. The normalized spacial score (nSPS) is 13.8. The average Bonchev–Trinajstić information content (AvgIpc) is 2.25. The van der Waals surface area contributed by atoms with Crippen LogP contribution in [0, 0.1) is 25.6 Å². The highest BCUT2D eigenvalue weighted by Gasteiger charge is 2.25. The highest BCUT2D eigenvalue weighted by molar-refractivity contribution is 7.89. The summed E-state index contributed by atoms with van der Waals surface area (Å²) in [5.74, 6) is -0.296. The Morgan fingerprint density at radius 2 is 1.75 bits per heavy atom. The van der Waals surface area contributed by atoms with Crippen LogP contribution < -0.4 is 10.5 Å². The number of rotatable bonds is 6. The van der Waals surface area contributed by atoms with E-state index in [2.05, 4.69) is 4.72 Å². The number of hydrogen-bond donors (Lipinski definition) is 2. The van der Waals surface area contributed by atoms with Gasteiger partial charge in [0.15, 0.2) is 0 Å². The van der Waals surface area contributed by atoms with Crippen molar-refractivity contribution < 1.29 is 12.8 Å². The van der Waals surface area contributed by atoms with Crippen molar-refractivity contribution in [3.05, 3.63) is 29.1 Å². The van der Waals surface area contributed by atoms with Gasteiger partial charge in [0, 0.05) is 6.04 Å². The fourth-order valence-electron chi connectivity index (χ4n) is 2.29. The van der Waals surface area contributed by atoms with Crippen LogP contribution in [0.3, 0.4) is 0 Å². The SMILES string of the molecule is Cc1cc(F)cc(C)c1S(=O)(=O)NC(CCN)C(C)C. The zero-order chi connectivity index (χ0) is 15.5. The molecule has 0 aliphatic heterocycles. The molecule has 0 heterocycles. The number of benzene rings is 1. The maximum absolute atomic E-state index is 13.3. The Hall–Kier alpha value is -0.980. The van der Waals surface area contributed by atoms with Crippen molar-refractivity contribution in [2.45, 2.75) is 45.1 Å². The number of nitrogens with one attached hydrogen (secondary N) is 1. The van der Waals surface area contributed by atoms with Gasteiger partial charge in [-0.15, -0.1) is 0 Å². The molecule has 3 N–H and O–H groups in total. The lowest BCUT2D eigenvalue weighted by molar-refractivity contribution is 0.428. The minimum Gasteiger partial charge on any atom is -0.330 e. The lowest BCUT2D eigenvalue weighted by Gasteiger charge is -2.23. The van der Waals surface area contributed by atoms with Crippen LogP contribution in [0.5, 0.6) is 0 Å². The molecule has 0 saturated carbocycles. The third kappa shape index (κ3) is 4.01. The summed E-state index contributed by atoms with van der Waals surface area (Å²) in [6.45, 7) is 7.48. The number of nitrogens with two attached hydrogens (primary N) is 1. The molecular formula is C14H23FN2O2S. The van der Waals surface area contributed by atoms with E-state index in [0.717, 1.165) is 0 Å².